The molecule has 0 aliphatic rings. The molecule has 0 radical (unpaired) electrons. The van der Waals surface area contributed by atoms with E-state index in [0.29, 0.717) is 5.69 Å². The smallest absolute Gasteiger partial charge is 0.412 e. The fourth-order valence-electron chi connectivity index (χ4n) is 2.71. The third-order valence-electron chi connectivity index (χ3n) is 4.03. The van der Waals surface area contributed by atoms with Gasteiger partial charge in [-0.3, -0.25) is 5.32 Å². The van der Waals surface area contributed by atoms with Crippen molar-refractivity contribution in [2.24, 2.45) is 0 Å². The van der Waals surface area contributed by atoms with Gasteiger partial charge in [0, 0.05) is 5.69 Å². The van der Waals surface area contributed by atoms with Crippen molar-refractivity contribution in [1.29, 1.82) is 0 Å². The number of benzene rings is 3. The van der Waals surface area contributed by atoms with Crippen LogP contribution in [0.2, 0.25) is 0 Å². The van der Waals surface area contributed by atoms with Gasteiger partial charge in [-0.05, 0) is 35.2 Å². The molecule has 0 spiro atoms. The Labute approximate surface area is 148 Å². The lowest BCUT2D eigenvalue weighted by atomic mass is 10.1. The highest BCUT2D eigenvalue weighted by Crippen LogP contribution is 2.23. The summed E-state index contributed by atoms with van der Waals surface area (Å²) in [6.07, 6.45) is 0.0395. The van der Waals surface area contributed by atoms with Gasteiger partial charge in [0.2, 0.25) is 0 Å². The van der Waals surface area contributed by atoms with Gasteiger partial charge in [0.25, 0.3) is 0 Å². The van der Waals surface area contributed by atoms with E-state index in [9.17, 15) is 4.79 Å². The molecule has 0 unspecified atom stereocenters. The zero-order valence-electron chi connectivity index (χ0n) is 14.2. The number of nitrogens with one attached hydrogen (secondary N) is 1. The summed E-state index contributed by atoms with van der Waals surface area (Å²) in [5.41, 5.74) is 3.97. The van der Waals surface area contributed by atoms with Gasteiger partial charge in [-0.25, -0.2) is 4.79 Å². The van der Waals surface area contributed by atoms with Crippen LogP contribution in [0.1, 0.15) is 25.0 Å². The van der Waals surface area contributed by atoms with Gasteiger partial charge in [-0.2, -0.15) is 0 Å². The van der Waals surface area contributed by atoms with Crippen LogP contribution in [0.5, 0.6) is 0 Å². The Kier molecular flexibility index (Phi) is 5.47. The minimum absolute atomic E-state index is 0.246. The van der Waals surface area contributed by atoms with E-state index in [4.69, 9.17) is 4.74 Å². The summed E-state index contributed by atoms with van der Waals surface area (Å²) < 4.78 is 5.55. The van der Waals surface area contributed by atoms with E-state index in [-0.39, 0.29) is 6.10 Å². The molecule has 3 rings (SSSR count). The third-order valence-corrected chi connectivity index (χ3v) is 4.03. The second-order valence-electron chi connectivity index (χ2n) is 5.78. The maximum atomic E-state index is 12.2. The van der Waals surface area contributed by atoms with Crippen LogP contribution in [0.25, 0.3) is 11.1 Å². The van der Waals surface area contributed by atoms with Gasteiger partial charge in [0.1, 0.15) is 6.10 Å². The fourth-order valence-corrected chi connectivity index (χ4v) is 2.71. The Hall–Kier alpha value is -3.07. The summed E-state index contributed by atoms with van der Waals surface area (Å²) in [4.78, 5) is 12.2. The first kappa shape index (κ1) is 16.8. The van der Waals surface area contributed by atoms with Gasteiger partial charge in [-0.15, -0.1) is 0 Å². The summed E-state index contributed by atoms with van der Waals surface area (Å²) in [6.45, 7) is 2.00. The lowest BCUT2D eigenvalue weighted by Gasteiger charge is -2.17. The molecule has 1 N–H and O–H groups in total. The highest BCUT2D eigenvalue weighted by molar-refractivity contribution is 5.85. The van der Waals surface area contributed by atoms with Crippen LogP contribution in [0, 0.1) is 0 Å². The minimum atomic E-state index is -0.442. The number of rotatable bonds is 5. The molecule has 3 heteroatoms. The van der Waals surface area contributed by atoms with Crippen molar-refractivity contribution in [3.63, 3.8) is 0 Å². The normalized spacial score (nSPS) is 11.6. The summed E-state index contributed by atoms with van der Waals surface area (Å²) in [5.74, 6) is 0. The molecule has 0 fully saturated rings. The topological polar surface area (TPSA) is 38.3 Å². The molecule has 0 heterocycles. The number of anilines is 1. The molecule has 0 bridgehead atoms. The first-order valence-corrected chi connectivity index (χ1v) is 8.44. The van der Waals surface area contributed by atoms with Crippen molar-refractivity contribution in [2.45, 2.75) is 19.4 Å². The molecule has 1 amide bonds. The summed E-state index contributed by atoms with van der Waals surface area (Å²) >= 11 is 0. The maximum Gasteiger partial charge on any atom is 0.412 e. The monoisotopic (exact) mass is 331 g/mol. The molecule has 3 aromatic rings. The summed E-state index contributed by atoms with van der Waals surface area (Å²) in [7, 11) is 0. The number of hydrogen-bond acceptors (Lipinski definition) is 2. The lowest BCUT2D eigenvalue weighted by Crippen LogP contribution is -2.17. The van der Waals surface area contributed by atoms with Crippen molar-refractivity contribution in [1.82, 2.24) is 0 Å². The molecule has 3 nitrogen and oxygen atoms in total. The SMILES string of the molecule is CC[C@@H](OC(=O)Nc1ccc(-c2ccccc2)cc1)c1ccccc1. The quantitative estimate of drug-likeness (QED) is 0.617. The van der Waals surface area contributed by atoms with Gasteiger partial charge < -0.3 is 4.74 Å². The lowest BCUT2D eigenvalue weighted by molar-refractivity contribution is 0.108. The molecule has 0 saturated carbocycles. The maximum absolute atomic E-state index is 12.2. The largest absolute Gasteiger partial charge is 0.441 e. The summed E-state index contributed by atoms with van der Waals surface area (Å²) in [6, 6.07) is 27.6. The summed E-state index contributed by atoms with van der Waals surface area (Å²) in [5, 5.41) is 2.79. The highest BCUT2D eigenvalue weighted by Gasteiger charge is 2.14. The molecular weight excluding hydrogens is 310 g/mol. The standard InChI is InChI=1S/C22H21NO2/c1-2-21(19-11-7-4-8-12-19)25-22(24)23-20-15-13-18(14-16-20)17-9-5-3-6-10-17/h3-16,21H,2H2,1H3,(H,23,24)/t21-/m1/s1. The Morgan fingerprint density at radius 3 is 2.00 bits per heavy atom. The van der Waals surface area contributed by atoms with Gasteiger partial charge in [0.05, 0.1) is 0 Å². The Balaban J connectivity index is 1.63. The molecule has 0 aliphatic carbocycles. The Bertz CT molecular complexity index is 798. The average Bonchev–Trinajstić information content (AvgIpc) is 2.68. The Morgan fingerprint density at radius 1 is 0.840 bits per heavy atom. The molecule has 0 aliphatic heterocycles. The first-order chi connectivity index (χ1) is 12.3. The van der Waals surface area contributed by atoms with Crippen LogP contribution >= 0.6 is 0 Å². The average molecular weight is 331 g/mol. The van der Waals surface area contributed by atoms with Crippen molar-refractivity contribution in [3.8, 4) is 11.1 Å². The first-order valence-electron chi connectivity index (χ1n) is 8.44. The van der Waals surface area contributed by atoms with Crippen LogP contribution in [0.4, 0.5) is 10.5 Å². The van der Waals surface area contributed by atoms with E-state index in [2.05, 4.69) is 17.4 Å². The molecular formula is C22H21NO2. The predicted octanol–water partition coefficient (Wildman–Crippen LogP) is 6.05. The van der Waals surface area contributed by atoms with E-state index in [1.165, 1.54) is 0 Å². The van der Waals surface area contributed by atoms with Crippen LogP contribution in [0.3, 0.4) is 0 Å². The van der Waals surface area contributed by atoms with E-state index in [1.807, 2.05) is 79.7 Å². The van der Waals surface area contributed by atoms with Gasteiger partial charge >= 0.3 is 6.09 Å². The second-order valence-corrected chi connectivity index (χ2v) is 5.78. The minimum Gasteiger partial charge on any atom is -0.441 e. The number of ether oxygens (including phenoxy) is 1. The second kappa shape index (κ2) is 8.15. The van der Waals surface area contributed by atoms with E-state index in [1.54, 1.807) is 0 Å². The van der Waals surface area contributed by atoms with Gasteiger partial charge in [-0.1, -0.05) is 79.7 Å². The molecule has 3 aromatic carbocycles. The van der Waals surface area contributed by atoms with Crippen LogP contribution in [-0.4, -0.2) is 6.09 Å². The van der Waals surface area contributed by atoms with Crippen molar-refractivity contribution in [3.05, 3.63) is 90.5 Å². The van der Waals surface area contributed by atoms with Crippen molar-refractivity contribution in [2.75, 3.05) is 5.32 Å². The molecule has 0 aromatic heterocycles. The molecule has 1 atom stereocenters. The van der Waals surface area contributed by atoms with E-state index in [0.717, 1.165) is 23.1 Å². The van der Waals surface area contributed by atoms with Crippen molar-refractivity contribution >= 4 is 11.8 Å². The number of carbonyl (C=O) groups excluding carboxylic acids is 1. The van der Waals surface area contributed by atoms with Crippen molar-refractivity contribution < 1.29 is 9.53 Å². The highest BCUT2D eigenvalue weighted by atomic mass is 16.6. The molecule has 25 heavy (non-hydrogen) atoms. The zero-order chi connectivity index (χ0) is 17.5. The zero-order valence-corrected chi connectivity index (χ0v) is 14.2. The number of carbonyl (C=O) groups is 1. The van der Waals surface area contributed by atoms with E-state index < -0.39 is 6.09 Å². The fraction of sp³-hybridized carbons (Fsp3) is 0.136. The van der Waals surface area contributed by atoms with Crippen LogP contribution < -0.4 is 5.32 Å². The van der Waals surface area contributed by atoms with Crippen LogP contribution in [0.15, 0.2) is 84.9 Å². The number of hydrogen-bond donors (Lipinski definition) is 1. The molecule has 126 valence electrons. The predicted molar refractivity (Wildman–Crippen MR) is 101 cm³/mol. The number of amides is 1. The van der Waals surface area contributed by atoms with Gasteiger partial charge in [0.15, 0.2) is 0 Å². The van der Waals surface area contributed by atoms with Crippen LogP contribution in [-0.2, 0) is 4.74 Å². The Morgan fingerprint density at radius 2 is 1.40 bits per heavy atom. The third kappa shape index (κ3) is 4.48. The van der Waals surface area contributed by atoms with E-state index >= 15 is 0 Å². The molecule has 0 saturated heterocycles.